The first-order chi connectivity index (χ1) is 11.7. The number of carbonyl (C=O) groups is 1. The van der Waals surface area contributed by atoms with Crippen molar-refractivity contribution in [2.45, 2.75) is 24.2 Å². The summed E-state index contributed by atoms with van der Waals surface area (Å²) in [4.78, 5) is 20.9. The normalized spacial score (nSPS) is 10.5. The van der Waals surface area contributed by atoms with Crippen LogP contribution in [-0.4, -0.2) is 21.0 Å². The summed E-state index contributed by atoms with van der Waals surface area (Å²) < 4.78 is 5.05. The highest BCUT2D eigenvalue weighted by Crippen LogP contribution is 2.24. The fraction of sp³-hybridized carbons (Fsp3) is 0.176. The summed E-state index contributed by atoms with van der Waals surface area (Å²) in [5, 5.41) is 7.48. The molecule has 0 spiro atoms. The minimum absolute atomic E-state index is 0.174. The van der Waals surface area contributed by atoms with E-state index in [-0.39, 0.29) is 5.91 Å². The van der Waals surface area contributed by atoms with Crippen LogP contribution in [0.25, 0.3) is 0 Å². The van der Waals surface area contributed by atoms with Gasteiger partial charge in [0.25, 0.3) is 5.91 Å². The van der Waals surface area contributed by atoms with E-state index in [0.29, 0.717) is 22.9 Å². The van der Waals surface area contributed by atoms with E-state index in [1.54, 1.807) is 24.5 Å². The molecule has 0 saturated heterocycles. The second-order valence-electron chi connectivity index (χ2n) is 5.08. The molecule has 0 fully saturated rings. The fourth-order valence-electron chi connectivity index (χ4n) is 2.08. The largest absolute Gasteiger partial charge is 0.361 e. The van der Waals surface area contributed by atoms with Gasteiger partial charge in [-0.2, -0.15) is 0 Å². The number of pyridine rings is 2. The third-order valence-electron chi connectivity index (χ3n) is 3.21. The Labute approximate surface area is 143 Å². The summed E-state index contributed by atoms with van der Waals surface area (Å²) in [5.74, 6) is 1.18. The van der Waals surface area contributed by atoms with Gasteiger partial charge in [-0.25, -0.2) is 4.98 Å². The first kappa shape index (κ1) is 16.2. The molecule has 0 saturated carbocycles. The van der Waals surface area contributed by atoms with Crippen LogP contribution in [0.5, 0.6) is 0 Å². The molecule has 0 unspecified atom stereocenters. The first-order valence-corrected chi connectivity index (χ1v) is 8.39. The van der Waals surface area contributed by atoms with Gasteiger partial charge in [0.1, 0.15) is 10.8 Å². The summed E-state index contributed by atoms with van der Waals surface area (Å²) in [6.07, 6.45) is 3.37. The Morgan fingerprint density at radius 3 is 2.79 bits per heavy atom. The smallest absolute Gasteiger partial charge is 0.254 e. The quantitative estimate of drug-likeness (QED) is 0.695. The number of aryl methyl sites for hydroxylation is 1. The highest BCUT2D eigenvalue weighted by molar-refractivity contribution is 7.98. The Balaban J connectivity index is 1.65. The summed E-state index contributed by atoms with van der Waals surface area (Å²) in [6, 6.07) is 11.0. The summed E-state index contributed by atoms with van der Waals surface area (Å²) >= 11 is 1.45. The van der Waals surface area contributed by atoms with Gasteiger partial charge in [0.15, 0.2) is 0 Å². The van der Waals surface area contributed by atoms with Crippen molar-refractivity contribution in [3.63, 3.8) is 0 Å². The maximum Gasteiger partial charge on any atom is 0.254 e. The summed E-state index contributed by atoms with van der Waals surface area (Å²) in [5.41, 5.74) is 2.17. The molecular weight excluding hydrogens is 324 g/mol. The zero-order valence-corrected chi connectivity index (χ0v) is 13.9. The predicted octanol–water partition coefficient (Wildman–Crippen LogP) is 3.00. The van der Waals surface area contributed by atoms with E-state index in [4.69, 9.17) is 4.52 Å². The van der Waals surface area contributed by atoms with Gasteiger partial charge in [-0.3, -0.25) is 9.78 Å². The van der Waals surface area contributed by atoms with E-state index in [1.807, 2.05) is 31.2 Å². The van der Waals surface area contributed by atoms with Crippen molar-refractivity contribution in [2.24, 2.45) is 0 Å². The topological polar surface area (TPSA) is 80.9 Å². The number of amides is 1. The average molecular weight is 340 g/mol. The number of hydrogen-bond acceptors (Lipinski definition) is 6. The van der Waals surface area contributed by atoms with Gasteiger partial charge in [-0.15, -0.1) is 0 Å². The van der Waals surface area contributed by atoms with Gasteiger partial charge in [0.05, 0.1) is 23.5 Å². The van der Waals surface area contributed by atoms with Crippen molar-refractivity contribution in [1.29, 1.82) is 0 Å². The van der Waals surface area contributed by atoms with Crippen LogP contribution in [0.15, 0.2) is 58.3 Å². The highest BCUT2D eigenvalue weighted by Gasteiger charge is 2.13. The second-order valence-corrected chi connectivity index (χ2v) is 6.04. The number of rotatable bonds is 6. The van der Waals surface area contributed by atoms with Gasteiger partial charge in [-0.1, -0.05) is 23.0 Å². The number of carbonyl (C=O) groups excluding carboxylic acids is 1. The number of nitrogens with one attached hydrogen (secondary N) is 1. The lowest BCUT2D eigenvalue weighted by Crippen LogP contribution is -2.24. The van der Waals surface area contributed by atoms with Crippen molar-refractivity contribution in [3.05, 3.63) is 71.5 Å². The molecule has 7 heteroatoms. The van der Waals surface area contributed by atoms with Crippen LogP contribution in [0.3, 0.4) is 0 Å². The molecule has 122 valence electrons. The molecule has 1 N–H and O–H groups in total. The number of nitrogens with zero attached hydrogens (tertiary/aromatic N) is 3. The maximum atomic E-state index is 12.4. The van der Waals surface area contributed by atoms with E-state index in [2.05, 4.69) is 20.4 Å². The van der Waals surface area contributed by atoms with E-state index in [0.717, 1.165) is 17.1 Å². The van der Waals surface area contributed by atoms with Crippen LogP contribution in [0, 0.1) is 6.92 Å². The van der Waals surface area contributed by atoms with Crippen molar-refractivity contribution >= 4 is 17.7 Å². The molecule has 1 amide bonds. The zero-order valence-electron chi connectivity index (χ0n) is 13.1. The van der Waals surface area contributed by atoms with E-state index in [9.17, 15) is 4.79 Å². The second kappa shape index (κ2) is 7.74. The molecule has 0 aliphatic carbocycles. The molecule has 0 aliphatic rings. The minimum Gasteiger partial charge on any atom is -0.361 e. The Bertz CT molecular complexity index is 820. The third kappa shape index (κ3) is 4.20. The first-order valence-electron chi connectivity index (χ1n) is 7.40. The monoisotopic (exact) mass is 340 g/mol. The van der Waals surface area contributed by atoms with Crippen LogP contribution < -0.4 is 5.32 Å². The lowest BCUT2D eigenvalue weighted by atomic mass is 10.2. The summed E-state index contributed by atoms with van der Waals surface area (Å²) in [7, 11) is 0. The standard InChI is InChI=1S/C17H16N4O2S/c1-12-9-14(21-23-12)11-24-17-15(6-4-8-19-17)16(22)20-10-13-5-2-3-7-18-13/h2-9H,10-11H2,1H3,(H,20,22). The molecule has 6 nitrogen and oxygen atoms in total. The van der Waals surface area contributed by atoms with Crippen LogP contribution in [0.2, 0.25) is 0 Å². The van der Waals surface area contributed by atoms with Crippen molar-refractivity contribution < 1.29 is 9.32 Å². The molecule has 24 heavy (non-hydrogen) atoms. The van der Waals surface area contributed by atoms with Gasteiger partial charge >= 0.3 is 0 Å². The molecule has 3 aromatic rings. The van der Waals surface area contributed by atoms with Gasteiger partial charge < -0.3 is 9.84 Å². The molecule has 0 atom stereocenters. The molecule has 3 rings (SSSR count). The Kier molecular flexibility index (Phi) is 5.22. The van der Waals surface area contributed by atoms with E-state index >= 15 is 0 Å². The minimum atomic E-state index is -0.174. The van der Waals surface area contributed by atoms with Crippen LogP contribution >= 0.6 is 11.8 Å². The van der Waals surface area contributed by atoms with E-state index < -0.39 is 0 Å². The lowest BCUT2D eigenvalue weighted by molar-refractivity contribution is 0.0946. The average Bonchev–Trinajstić information content (AvgIpc) is 3.04. The Morgan fingerprint density at radius 2 is 2.04 bits per heavy atom. The molecule has 0 radical (unpaired) electrons. The lowest BCUT2D eigenvalue weighted by Gasteiger charge is -2.08. The Morgan fingerprint density at radius 1 is 1.17 bits per heavy atom. The molecule has 3 heterocycles. The fourth-order valence-corrected chi connectivity index (χ4v) is 2.95. The van der Waals surface area contributed by atoms with Crippen molar-refractivity contribution in [3.8, 4) is 0 Å². The molecule has 0 aromatic carbocycles. The predicted molar refractivity (Wildman–Crippen MR) is 90.4 cm³/mol. The highest BCUT2D eigenvalue weighted by atomic mass is 32.2. The molecule has 0 aliphatic heterocycles. The Hall–Kier alpha value is -2.67. The number of hydrogen-bond donors (Lipinski definition) is 1. The molecular formula is C17H16N4O2S. The van der Waals surface area contributed by atoms with Gasteiger partial charge in [0, 0.05) is 24.2 Å². The summed E-state index contributed by atoms with van der Waals surface area (Å²) in [6.45, 7) is 2.22. The van der Waals surface area contributed by atoms with Crippen molar-refractivity contribution in [2.75, 3.05) is 0 Å². The van der Waals surface area contributed by atoms with Gasteiger partial charge in [0.2, 0.25) is 0 Å². The zero-order chi connectivity index (χ0) is 16.8. The van der Waals surface area contributed by atoms with Gasteiger partial charge in [-0.05, 0) is 31.2 Å². The van der Waals surface area contributed by atoms with Crippen LogP contribution in [-0.2, 0) is 12.3 Å². The molecule has 3 aromatic heterocycles. The number of thioether (sulfide) groups is 1. The van der Waals surface area contributed by atoms with Crippen LogP contribution in [0.4, 0.5) is 0 Å². The molecule has 0 bridgehead atoms. The van der Waals surface area contributed by atoms with E-state index in [1.165, 1.54) is 11.8 Å². The van der Waals surface area contributed by atoms with Crippen molar-refractivity contribution in [1.82, 2.24) is 20.4 Å². The number of aromatic nitrogens is 3. The van der Waals surface area contributed by atoms with Crippen LogP contribution in [0.1, 0.15) is 27.5 Å². The third-order valence-corrected chi connectivity index (χ3v) is 4.24. The SMILES string of the molecule is Cc1cc(CSc2ncccc2C(=O)NCc2ccccn2)no1. The maximum absolute atomic E-state index is 12.4.